The summed E-state index contributed by atoms with van der Waals surface area (Å²) in [5.74, 6) is 0.389. The van der Waals surface area contributed by atoms with Crippen LogP contribution >= 0.6 is 0 Å². The first-order valence-electron chi connectivity index (χ1n) is 3.42. The summed E-state index contributed by atoms with van der Waals surface area (Å²) in [6.07, 6.45) is 1.38. The summed E-state index contributed by atoms with van der Waals surface area (Å²) in [5.41, 5.74) is 0.439. The fraction of sp³-hybridized carbons (Fsp3) is 0.625. The second kappa shape index (κ2) is 4.09. The molecule has 0 rings (SSSR count). The summed E-state index contributed by atoms with van der Waals surface area (Å²) >= 11 is 0. The summed E-state index contributed by atoms with van der Waals surface area (Å²) in [5, 5.41) is 8.44. The van der Waals surface area contributed by atoms with E-state index in [4.69, 9.17) is 5.11 Å². The third-order valence-corrected chi connectivity index (χ3v) is 1.23. The van der Waals surface area contributed by atoms with Crippen LogP contribution in [0.3, 0.4) is 0 Å². The highest BCUT2D eigenvalue weighted by Crippen LogP contribution is 2.05. The molecule has 0 aromatic rings. The highest BCUT2D eigenvalue weighted by molar-refractivity contribution is 5.94. The van der Waals surface area contributed by atoms with Crippen molar-refractivity contribution in [3.63, 3.8) is 0 Å². The lowest BCUT2D eigenvalue weighted by atomic mass is 10.0. The van der Waals surface area contributed by atoms with Gasteiger partial charge in [-0.25, -0.2) is 0 Å². The number of aliphatic hydroxyl groups is 1. The molecule has 0 heterocycles. The van der Waals surface area contributed by atoms with Crippen LogP contribution in [0.5, 0.6) is 0 Å². The number of carbonyl (C=O) groups excluding carboxylic acids is 1. The van der Waals surface area contributed by atoms with Crippen molar-refractivity contribution in [1.29, 1.82) is 0 Å². The lowest BCUT2D eigenvalue weighted by Gasteiger charge is -2.01. The molecule has 0 radical (unpaired) electrons. The number of rotatable bonds is 3. The molecule has 2 heteroatoms. The quantitative estimate of drug-likeness (QED) is 0.483. The molecular weight excluding hydrogens is 128 g/mol. The largest absolute Gasteiger partial charge is 0.515 e. The molecule has 0 bridgehead atoms. The third-order valence-electron chi connectivity index (χ3n) is 1.23. The van der Waals surface area contributed by atoms with Crippen LogP contribution in [0.1, 0.15) is 27.2 Å². The van der Waals surface area contributed by atoms with Gasteiger partial charge in [-0.2, -0.15) is 0 Å². The predicted molar refractivity (Wildman–Crippen MR) is 40.8 cm³/mol. The van der Waals surface area contributed by atoms with Gasteiger partial charge in [0.2, 0.25) is 0 Å². The van der Waals surface area contributed by atoms with Crippen LogP contribution in [-0.4, -0.2) is 10.9 Å². The van der Waals surface area contributed by atoms with Crippen LogP contribution in [0.2, 0.25) is 0 Å². The van der Waals surface area contributed by atoms with Gasteiger partial charge in [0.1, 0.15) is 0 Å². The van der Waals surface area contributed by atoms with Gasteiger partial charge in [0.05, 0.1) is 6.26 Å². The van der Waals surface area contributed by atoms with Crippen LogP contribution in [0.4, 0.5) is 0 Å². The van der Waals surface area contributed by atoms with E-state index in [1.165, 1.54) is 0 Å². The average Bonchev–Trinajstić information content (AvgIpc) is 1.85. The molecule has 0 aliphatic heterocycles. The van der Waals surface area contributed by atoms with Crippen molar-refractivity contribution in [1.82, 2.24) is 0 Å². The van der Waals surface area contributed by atoms with E-state index in [0.29, 0.717) is 17.9 Å². The van der Waals surface area contributed by atoms with Gasteiger partial charge in [-0.15, -0.1) is 0 Å². The standard InChI is InChI=1S/C8H14O2/c1-6(2)4-8(10)7(3)5-9/h5-6,9H,4H2,1-3H3. The number of hydrogen-bond acceptors (Lipinski definition) is 2. The molecule has 0 unspecified atom stereocenters. The molecule has 0 saturated carbocycles. The van der Waals surface area contributed by atoms with E-state index in [9.17, 15) is 4.79 Å². The molecule has 10 heavy (non-hydrogen) atoms. The van der Waals surface area contributed by atoms with E-state index in [1.807, 2.05) is 13.8 Å². The van der Waals surface area contributed by atoms with E-state index in [2.05, 4.69) is 0 Å². The molecule has 2 nitrogen and oxygen atoms in total. The van der Waals surface area contributed by atoms with Crippen LogP contribution < -0.4 is 0 Å². The van der Waals surface area contributed by atoms with Gasteiger partial charge in [-0.3, -0.25) is 4.79 Å². The summed E-state index contributed by atoms with van der Waals surface area (Å²) in [7, 11) is 0. The van der Waals surface area contributed by atoms with E-state index >= 15 is 0 Å². The minimum atomic E-state index is 0.0255. The Kier molecular flexibility index (Phi) is 3.77. The normalized spacial score (nSPS) is 12.2. The van der Waals surface area contributed by atoms with Crippen LogP contribution in [0.15, 0.2) is 11.8 Å². The highest BCUT2D eigenvalue weighted by atomic mass is 16.2. The molecule has 1 N–H and O–H groups in total. The van der Waals surface area contributed by atoms with E-state index in [0.717, 1.165) is 6.26 Å². The fourth-order valence-electron chi connectivity index (χ4n) is 0.604. The first-order chi connectivity index (χ1) is 4.57. The number of carbonyl (C=O) groups is 1. The molecule has 0 amide bonds. The Morgan fingerprint density at radius 2 is 2.10 bits per heavy atom. The zero-order chi connectivity index (χ0) is 8.15. The van der Waals surface area contributed by atoms with Crippen molar-refractivity contribution >= 4 is 5.78 Å². The number of hydrogen-bond donors (Lipinski definition) is 1. The van der Waals surface area contributed by atoms with Gasteiger partial charge in [-0.1, -0.05) is 13.8 Å². The molecule has 0 fully saturated rings. The average molecular weight is 142 g/mol. The van der Waals surface area contributed by atoms with Crippen molar-refractivity contribution < 1.29 is 9.90 Å². The number of ketones is 1. The maximum absolute atomic E-state index is 11.0. The summed E-state index contributed by atoms with van der Waals surface area (Å²) in [6, 6.07) is 0. The molecule has 0 aromatic heterocycles. The summed E-state index contributed by atoms with van der Waals surface area (Å²) in [4.78, 5) is 11.0. The van der Waals surface area contributed by atoms with Gasteiger partial charge >= 0.3 is 0 Å². The van der Waals surface area contributed by atoms with Crippen LogP contribution in [-0.2, 0) is 4.79 Å². The molecule has 58 valence electrons. The second-order valence-corrected chi connectivity index (χ2v) is 2.83. The third kappa shape index (κ3) is 3.28. The number of Topliss-reactive ketones (excluding diaryl/α,β-unsaturated/α-hetero) is 1. The Labute approximate surface area is 61.6 Å². The SMILES string of the molecule is CC(=CO)C(=O)CC(C)C. The van der Waals surface area contributed by atoms with Gasteiger partial charge in [0.15, 0.2) is 5.78 Å². The molecule has 0 aromatic carbocycles. The minimum Gasteiger partial charge on any atom is -0.515 e. The molecule has 0 atom stereocenters. The zero-order valence-corrected chi connectivity index (χ0v) is 6.72. The first-order valence-corrected chi connectivity index (χ1v) is 3.42. The second-order valence-electron chi connectivity index (χ2n) is 2.83. The molecular formula is C8H14O2. The zero-order valence-electron chi connectivity index (χ0n) is 6.72. The van der Waals surface area contributed by atoms with Crippen LogP contribution in [0.25, 0.3) is 0 Å². The van der Waals surface area contributed by atoms with E-state index in [1.54, 1.807) is 6.92 Å². The Morgan fingerprint density at radius 1 is 1.60 bits per heavy atom. The van der Waals surface area contributed by atoms with Crippen molar-refractivity contribution in [2.24, 2.45) is 5.92 Å². The lowest BCUT2D eigenvalue weighted by molar-refractivity contribution is -0.116. The maximum Gasteiger partial charge on any atom is 0.161 e. The molecule has 0 saturated heterocycles. The van der Waals surface area contributed by atoms with Gasteiger partial charge in [0.25, 0.3) is 0 Å². The maximum atomic E-state index is 11.0. The number of aliphatic hydroxyl groups excluding tert-OH is 1. The smallest absolute Gasteiger partial charge is 0.161 e. The number of allylic oxidation sites excluding steroid dienone is 1. The van der Waals surface area contributed by atoms with Gasteiger partial charge < -0.3 is 5.11 Å². The van der Waals surface area contributed by atoms with Crippen molar-refractivity contribution in [2.45, 2.75) is 27.2 Å². The molecule has 0 aliphatic rings. The predicted octanol–water partition coefficient (Wildman–Crippen LogP) is 2.06. The minimum absolute atomic E-state index is 0.0255. The van der Waals surface area contributed by atoms with E-state index in [-0.39, 0.29) is 5.78 Å². The Bertz CT molecular complexity index is 145. The monoisotopic (exact) mass is 142 g/mol. The lowest BCUT2D eigenvalue weighted by Crippen LogP contribution is -2.03. The van der Waals surface area contributed by atoms with Crippen molar-refractivity contribution in [2.75, 3.05) is 0 Å². The van der Waals surface area contributed by atoms with Gasteiger partial charge in [-0.05, 0) is 12.8 Å². The Hall–Kier alpha value is -0.790. The van der Waals surface area contributed by atoms with E-state index < -0.39 is 0 Å². The van der Waals surface area contributed by atoms with Crippen molar-refractivity contribution in [3.05, 3.63) is 11.8 Å². The van der Waals surface area contributed by atoms with Gasteiger partial charge in [0, 0.05) is 12.0 Å². The summed E-state index contributed by atoms with van der Waals surface area (Å²) in [6.45, 7) is 5.57. The highest BCUT2D eigenvalue weighted by Gasteiger charge is 2.05. The summed E-state index contributed by atoms with van der Waals surface area (Å²) < 4.78 is 0. The van der Waals surface area contributed by atoms with Crippen molar-refractivity contribution in [3.8, 4) is 0 Å². The fourth-order valence-corrected chi connectivity index (χ4v) is 0.604. The van der Waals surface area contributed by atoms with Crippen LogP contribution in [0, 0.1) is 5.92 Å². The Morgan fingerprint density at radius 3 is 2.40 bits per heavy atom. The molecule has 0 aliphatic carbocycles. The first kappa shape index (κ1) is 9.21. The topological polar surface area (TPSA) is 37.3 Å². The Balaban J connectivity index is 3.86. The molecule has 0 spiro atoms.